The molecule has 0 saturated carbocycles. The van der Waals surface area contributed by atoms with Crippen LogP contribution in [0.3, 0.4) is 0 Å². The van der Waals surface area contributed by atoms with Crippen LogP contribution in [0.25, 0.3) is 0 Å². The zero-order valence-corrected chi connectivity index (χ0v) is 9.59. The molecule has 1 N–H and O–H groups in total. The first kappa shape index (κ1) is 13.1. The van der Waals surface area contributed by atoms with Crippen LogP contribution in [-0.2, 0) is 6.18 Å². The zero-order chi connectivity index (χ0) is 13.9. The Bertz CT molecular complexity index is 592. The monoisotopic (exact) mass is 266 g/mol. The Hall–Kier alpha value is -2.37. The lowest BCUT2D eigenvalue weighted by Crippen LogP contribution is -2.03. The summed E-state index contributed by atoms with van der Waals surface area (Å²) in [4.78, 5) is 0. The Morgan fingerprint density at radius 2 is 1.47 bits per heavy atom. The molecule has 0 bridgehead atoms. The number of phenols is 1. The zero-order valence-electron chi connectivity index (χ0n) is 9.59. The molecule has 6 heteroatoms. The molecule has 0 fully saturated rings. The van der Waals surface area contributed by atoms with Crippen molar-refractivity contribution in [1.29, 1.82) is 0 Å². The number of phenolic OH excluding ortho intramolecular Hbond substituents is 1. The van der Waals surface area contributed by atoms with Crippen molar-refractivity contribution in [2.45, 2.75) is 6.18 Å². The van der Waals surface area contributed by atoms with E-state index in [1.807, 2.05) is 0 Å². The minimum absolute atomic E-state index is 0.0815. The second-order valence-corrected chi connectivity index (χ2v) is 3.76. The normalized spacial score (nSPS) is 11.9. The average molecular weight is 266 g/mol. The summed E-state index contributed by atoms with van der Waals surface area (Å²) >= 11 is 0. The van der Waals surface area contributed by atoms with Gasteiger partial charge in [-0.3, -0.25) is 0 Å². The minimum atomic E-state index is -4.40. The molecule has 0 radical (unpaired) electrons. The number of alkyl halides is 3. The first-order valence-corrected chi connectivity index (χ1v) is 5.33. The number of aromatic hydroxyl groups is 1. The average Bonchev–Trinajstić information content (AvgIpc) is 2.37. The Morgan fingerprint density at radius 3 is 2.11 bits per heavy atom. The van der Waals surface area contributed by atoms with Crippen LogP contribution >= 0.6 is 0 Å². The van der Waals surface area contributed by atoms with Crippen LogP contribution in [0.5, 0.6) is 5.75 Å². The van der Waals surface area contributed by atoms with Crippen LogP contribution < -0.4 is 0 Å². The lowest BCUT2D eigenvalue weighted by molar-refractivity contribution is -0.137. The fourth-order valence-electron chi connectivity index (χ4n) is 1.38. The van der Waals surface area contributed by atoms with Gasteiger partial charge in [-0.15, -0.1) is 0 Å². The molecule has 2 aromatic carbocycles. The van der Waals surface area contributed by atoms with Gasteiger partial charge in [-0.25, -0.2) is 0 Å². The molecule has 19 heavy (non-hydrogen) atoms. The summed E-state index contributed by atoms with van der Waals surface area (Å²) in [6.45, 7) is 0. The molecular formula is C13H9F3N2O. The van der Waals surface area contributed by atoms with Crippen molar-refractivity contribution < 1.29 is 18.3 Å². The van der Waals surface area contributed by atoms with Crippen molar-refractivity contribution >= 4 is 11.4 Å². The summed E-state index contributed by atoms with van der Waals surface area (Å²) in [7, 11) is 0. The summed E-state index contributed by atoms with van der Waals surface area (Å²) < 4.78 is 37.4. The van der Waals surface area contributed by atoms with Gasteiger partial charge in [-0.05, 0) is 42.5 Å². The molecule has 0 heterocycles. The van der Waals surface area contributed by atoms with Crippen LogP contribution in [0.15, 0.2) is 58.8 Å². The highest BCUT2D eigenvalue weighted by Crippen LogP contribution is 2.31. The second kappa shape index (κ2) is 5.09. The molecule has 0 spiro atoms. The van der Waals surface area contributed by atoms with E-state index in [1.165, 1.54) is 36.4 Å². The number of halogens is 3. The SMILES string of the molecule is Oc1ccc(N=Nc2cccc(C(F)(F)F)c2)cc1. The lowest BCUT2D eigenvalue weighted by atomic mass is 10.2. The number of hydrogen-bond donors (Lipinski definition) is 1. The summed E-state index contributed by atoms with van der Waals surface area (Å²) in [5, 5.41) is 16.6. The van der Waals surface area contributed by atoms with E-state index < -0.39 is 11.7 Å². The number of azo groups is 1. The molecule has 98 valence electrons. The van der Waals surface area contributed by atoms with Crippen LogP contribution in [0.1, 0.15) is 5.56 Å². The molecule has 0 aliphatic heterocycles. The molecule has 0 aliphatic rings. The molecule has 0 amide bonds. The van der Waals surface area contributed by atoms with E-state index in [1.54, 1.807) is 0 Å². The van der Waals surface area contributed by atoms with Crippen LogP contribution in [0.2, 0.25) is 0 Å². The third-order valence-electron chi connectivity index (χ3n) is 2.30. The van der Waals surface area contributed by atoms with Crippen molar-refractivity contribution in [1.82, 2.24) is 0 Å². The third-order valence-corrected chi connectivity index (χ3v) is 2.30. The standard InChI is InChI=1S/C13H9F3N2O/c14-13(15,16)9-2-1-3-11(8-9)18-17-10-4-6-12(19)7-5-10/h1-8,19H. The van der Waals surface area contributed by atoms with Crippen molar-refractivity contribution in [3.63, 3.8) is 0 Å². The van der Waals surface area contributed by atoms with Gasteiger partial charge < -0.3 is 5.11 Å². The summed E-state index contributed by atoms with van der Waals surface area (Å²) in [6, 6.07) is 10.4. The maximum Gasteiger partial charge on any atom is 0.416 e. The van der Waals surface area contributed by atoms with Crippen LogP contribution in [0, 0.1) is 0 Å². The lowest BCUT2D eigenvalue weighted by Gasteiger charge is -2.05. The Labute approximate surface area is 107 Å². The van der Waals surface area contributed by atoms with Gasteiger partial charge in [-0.2, -0.15) is 23.4 Å². The second-order valence-electron chi connectivity index (χ2n) is 3.76. The first-order valence-electron chi connectivity index (χ1n) is 5.33. The molecule has 2 aromatic rings. The summed E-state index contributed by atoms with van der Waals surface area (Å²) in [5.74, 6) is 0.0815. The van der Waals surface area contributed by atoms with Gasteiger partial charge in [0.2, 0.25) is 0 Å². The van der Waals surface area contributed by atoms with Crippen molar-refractivity contribution in [2.24, 2.45) is 10.2 Å². The summed E-state index contributed by atoms with van der Waals surface area (Å²) in [5.41, 5.74) is -0.215. The van der Waals surface area contributed by atoms with Gasteiger partial charge in [-0.1, -0.05) is 6.07 Å². The molecule has 3 nitrogen and oxygen atoms in total. The van der Waals surface area contributed by atoms with Gasteiger partial charge in [0.25, 0.3) is 0 Å². The third kappa shape index (κ3) is 3.54. The van der Waals surface area contributed by atoms with E-state index in [-0.39, 0.29) is 11.4 Å². The minimum Gasteiger partial charge on any atom is -0.508 e. The molecular weight excluding hydrogens is 257 g/mol. The predicted octanol–water partition coefficient (Wildman–Crippen LogP) is 4.83. The van der Waals surface area contributed by atoms with E-state index in [0.29, 0.717) is 5.69 Å². The number of hydrogen-bond acceptors (Lipinski definition) is 3. The smallest absolute Gasteiger partial charge is 0.416 e. The van der Waals surface area contributed by atoms with E-state index in [0.717, 1.165) is 12.1 Å². The topological polar surface area (TPSA) is 45.0 Å². The van der Waals surface area contributed by atoms with Crippen molar-refractivity contribution in [3.8, 4) is 5.75 Å². The highest BCUT2D eigenvalue weighted by Gasteiger charge is 2.30. The Morgan fingerprint density at radius 1 is 0.842 bits per heavy atom. The Kier molecular flexibility index (Phi) is 3.50. The van der Waals surface area contributed by atoms with E-state index >= 15 is 0 Å². The number of nitrogens with zero attached hydrogens (tertiary/aromatic N) is 2. The molecule has 2 rings (SSSR count). The van der Waals surface area contributed by atoms with Gasteiger partial charge in [0, 0.05) is 0 Å². The molecule has 0 aromatic heterocycles. The van der Waals surface area contributed by atoms with Crippen LogP contribution in [-0.4, -0.2) is 5.11 Å². The number of benzene rings is 2. The molecule has 0 saturated heterocycles. The van der Waals surface area contributed by atoms with E-state index in [9.17, 15) is 13.2 Å². The van der Waals surface area contributed by atoms with Crippen molar-refractivity contribution in [3.05, 3.63) is 54.1 Å². The quantitative estimate of drug-likeness (QED) is 0.777. The number of rotatable bonds is 2. The van der Waals surface area contributed by atoms with Gasteiger partial charge in [0.1, 0.15) is 5.75 Å². The molecule has 0 aliphatic carbocycles. The summed E-state index contributed by atoms with van der Waals surface area (Å²) in [6.07, 6.45) is -4.40. The van der Waals surface area contributed by atoms with Crippen molar-refractivity contribution in [2.75, 3.05) is 0 Å². The largest absolute Gasteiger partial charge is 0.508 e. The van der Waals surface area contributed by atoms with E-state index in [2.05, 4.69) is 10.2 Å². The predicted molar refractivity (Wildman–Crippen MR) is 63.7 cm³/mol. The highest BCUT2D eigenvalue weighted by molar-refractivity contribution is 5.43. The van der Waals surface area contributed by atoms with Gasteiger partial charge in [0.15, 0.2) is 0 Å². The molecule has 0 unspecified atom stereocenters. The fraction of sp³-hybridized carbons (Fsp3) is 0.0769. The maximum absolute atomic E-state index is 12.5. The Balaban J connectivity index is 2.21. The molecule has 0 atom stereocenters. The van der Waals surface area contributed by atoms with Gasteiger partial charge >= 0.3 is 6.18 Å². The first-order chi connectivity index (χ1) is 8.95. The van der Waals surface area contributed by atoms with Crippen LogP contribution in [0.4, 0.5) is 24.5 Å². The maximum atomic E-state index is 12.5. The fourth-order valence-corrected chi connectivity index (χ4v) is 1.38. The van der Waals surface area contributed by atoms with E-state index in [4.69, 9.17) is 5.11 Å². The highest BCUT2D eigenvalue weighted by atomic mass is 19.4. The van der Waals surface area contributed by atoms with Gasteiger partial charge in [0.05, 0.1) is 16.9 Å².